The van der Waals surface area contributed by atoms with Crippen LogP contribution in [-0.4, -0.2) is 11.5 Å². The second kappa shape index (κ2) is 7.92. The Kier molecular flexibility index (Phi) is 6.22. The lowest BCUT2D eigenvalue weighted by Crippen LogP contribution is -2.18. The second-order valence-electron chi connectivity index (χ2n) is 5.62. The number of nitrogens with zero attached hydrogens (tertiary/aromatic N) is 1. The van der Waals surface area contributed by atoms with Gasteiger partial charge in [-0.1, -0.05) is 50.6 Å². The zero-order chi connectivity index (χ0) is 15.2. The zero-order valence-electron chi connectivity index (χ0n) is 12.9. The molecule has 0 aliphatic carbocycles. The van der Waals surface area contributed by atoms with E-state index < -0.39 is 0 Å². The highest BCUT2D eigenvalue weighted by atomic mass is 35.5. The van der Waals surface area contributed by atoms with Gasteiger partial charge in [0.1, 0.15) is 0 Å². The Morgan fingerprint density at radius 3 is 2.71 bits per heavy atom. The van der Waals surface area contributed by atoms with Gasteiger partial charge in [-0.15, -0.1) is 11.3 Å². The van der Waals surface area contributed by atoms with Crippen LogP contribution in [0.3, 0.4) is 0 Å². The normalized spacial score (nSPS) is 11.3. The van der Waals surface area contributed by atoms with Crippen molar-refractivity contribution in [2.24, 2.45) is 5.92 Å². The van der Waals surface area contributed by atoms with Gasteiger partial charge in [0.15, 0.2) is 0 Å². The number of nitrogens with one attached hydrogen (secondary N) is 1. The maximum absolute atomic E-state index is 6.24. The first-order valence-electron chi connectivity index (χ1n) is 7.51. The Balaban J connectivity index is 2.07. The molecule has 0 fully saturated rings. The molecule has 0 amide bonds. The molecule has 0 radical (unpaired) electrons. The van der Waals surface area contributed by atoms with Crippen LogP contribution >= 0.6 is 22.9 Å². The summed E-state index contributed by atoms with van der Waals surface area (Å²) in [5, 5.41) is 5.49. The van der Waals surface area contributed by atoms with Crippen molar-refractivity contribution < 1.29 is 0 Å². The van der Waals surface area contributed by atoms with Gasteiger partial charge in [-0.3, -0.25) is 0 Å². The molecule has 2 aromatic rings. The maximum Gasteiger partial charge on any atom is 0.0975 e. The molecule has 1 N–H and O–H groups in total. The largest absolute Gasteiger partial charge is 0.312 e. The van der Waals surface area contributed by atoms with Crippen LogP contribution in [0.25, 0.3) is 0 Å². The predicted molar refractivity (Wildman–Crippen MR) is 92.3 cm³/mol. The number of hydrogen-bond acceptors (Lipinski definition) is 3. The fourth-order valence-electron chi connectivity index (χ4n) is 2.21. The fraction of sp³-hybridized carbons (Fsp3) is 0.471. The molecule has 0 atom stereocenters. The Bertz CT molecular complexity index is 578. The SMILES string of the molecule is CCc1nc(Cc2ccccc2Cl)sc1CNCC(C)C. The molecule has 0 aliphatic heterocycles. The topological polar surface area (TPSA) is 24.9 Å². The van der Waals surface area contributed by atoms with Crippen LogP contribution in [0, 0.1) is 5.92 Å². The summed E-state index contributed by atoms with van der Waals surface area (Å²) in [6.07, 6.45) is 1.80. The number of hydrogen-bond donors (Lipinski definition) is 1. The van der Waals surface area contributed by atoms with E-state index in [4.69, 9.17) is 16.6 Å². The molecule has 0 unspecified atom stereocenters. The van der Waals surface area contributed by atoms with Crippen molar-refractivity contribution in [3.8, 4) is 0 Å². The van der Waals surface area contributed by atoms with Gasteiger partial charge in [0.05, 0.1) is 10.7 Å². The smallest absolute Gasteiger partial charge is 0.0975 e. The average Bonchev–Trinajstić information content (AvgIpc) is 2.83. The van der Waals surface area contributed by atoms with E-state index in [2.05, 4.69) is 32.2 Å². The van der Waals surface area contributed by atoms with Crippen LogP contribution in [0.4, 0.5) is 0 Å². The van der Waals surface area contributed by atoms with E-state index in [1.165, 1.54) is 10.6 Å². The summed E-state index contributed by atoms with van der Waals surface area (Å²) in [6.45, 7) is 8.58. The van der Waals surface area contributed by atoms with Crippen LogP contribution in [0.15, 0.2) is 24.3 Å². The van der Waals surface area contributed by atoms with Crippen LogP contribution in [0.1, 0.15) is 41.9 Å². The van der Waals surface area contributed by atoms with E-state index in [-0.39, 0.29) is 0 Å². The van der Waals surface area contributed by atoms with Gasteiger partial charge in [-0.25, -0.2) is 4.98 Å². The molecule has 2 rings (SSSR count). The third kappa shape index (κ3) is 4.80. The standard InChI is InChI=1S/C17H23ClN2S/c1-4-15-16(11-19-10-12(2)3)21-17(20-15)9-13-7-5-6-8-14(13)18/h5-8,12,19H,4,9-11H2,1-3H3. The van der Waals surface area contributed by atoms with E-state index in [1.54, 1.807) is 0 Å². The number of aryl methyl sites for hydroxylation is 1. The summed E-state index contributed by atoms with van der Waals surface area (Å²) >= 11 is 8.04. The first-order valence-corrected chi connectivity index (χ1v) is 8.71. The molecule has 2 nitrogen and oxygen atoms in total. The Labute approximate surface area is 136 Å². The lowest BCUT2D eigenvalue weighted by molar-refractivity contribution is 0.553. The van der Waals surface area contributed by atoms with Crippen molar-refractivity contribution in [1.29, 1.82) is 0 Å². The monoisotopic (exact) mass is 322 g/mol. The molecule has 1 heterocycles. The summed E-state index contributed by atoms with van der Waals surface area (Å²) in [6, 6.07) is 8.01. The highest BCUT2D eigenvalue weighted by Crippen LogP contribution is 2.24. The zero-order valence-corrected chi connectivity index (χ0v) is 14.5. The van der Waals surface area contributed by atoms with Crippen LogP contribution in [0.2, 0.25) is 5.02 Å². The summed E-state index contributed by atoms with van der Waals surface area (Å²) in [5.41, 5.74) is 2.37. The second-order valence-corrected chi connectivity index (χ2v) is 7.20. The van der Waals surface area contributed by atoms with Gasteiger partial charge in [0, 0.05) is 22.9 Å². The highest BCUT2D eigenvalue weighted by Gasteiger charge is 2.11. The van der Waals surface area contributed by atoms with Gasteiger partial charge >= 0.3 is 0 Å². The number of thiazole rings is 1. The van der Waals surface area contributed by atoms with Crippen LogP contribution < -0.4 is 5.32 Å². The first kappa shape index (κ1) is 16.5. The third-order valence-corrected chi connectivity index (χ3v) is 4.76. The van der Waals surface area contributed by atoms with E-state index >= 15 is 0 Å². The summed E-state index contributed by atoms with van der Waals surface area (Å²) in [5.74, 6) is 0.672. The van der Waals surface area contributed by atoms with Crippen LogP contribution in [0.5, 0.6) is 0 Å². The number of aromatic nitrogens is 1. The molecular formula is C17H23ClN2S. The van der Waals surface area contributed by atoms with Crippen molar-refractivity contribution in [3.05, 3.63) is 50.4 Å². The predicted octanol–water partition coefficient (Wildman–Crippen LogP) is 4.70. The minimum Gasteiger partial charge on any atom is -0.312 e. The molecule has 0 aliphatic rings. The minimum atomic E-state index is 0.672. The van der Waals surface area contributed by atoms with E-state index in [9.17, 15) is 0 Å². The van der Waals surface area contributed by atoms with Gasteiger partial charge in [0.2, 0.25) is 0 Å². The van der Waals surface area contributed by atoms with Crippen molar-refractivity contribution in [3.63, 3.8) is 0 Å². The third-order valence-electron chi connectivity index (χ3n) is 3.30. The molecule has 0 bridgehead atoms. The van der Waals surface area contributed by atoms with Crippen molar-refractivity contribution in [1.82, 2.24) is 10.3 Å². The molecule has 21 heavy (non-hydrogen) atoms. The van der Waals surface area contributed by atoms with Gasteiger partial charge in [0.25, 0.3) is 0 Å². The van der Waals surface area contributed by atoms with Crippen LogP contribution in [-0.2, 0) is 19.4 Å². The molecule has 4 heteroatoms. The van der Waals surface area contributed by atoms with E-state index in [1.807, 2.05) is 29.5 Å². The Morgan fingerprint density at radius 2 is 2.05 bits per heavy atom. The molecule has 0 saturated heterocycles. The van der Waals surface area contributed by atoms with Gasteiger partial charge < -0.3 is 5.32 Å². The van der Waals surface area contributed by atoms with E-state index in [0.29, 0.717) is 5.92 Å². The quantitative estimate of drug-likeness (QED) is 0.799. The van der Waals surface area contributed by atoms with Crippen molar-refractivity contribution in [2.45, 2.75) is 40.2 Å². The van der Waals surface area contributed by atoms with Gasteiger partial charge in [-0.2, -0.15) is 0 Å². The lowest BCUT2D eigenvalue weighted by Gasteiger charge is -2.06. The molecule has 0 spiro atoms. The summed E-state index contributed by atoms with van der Waals surface area (Å²) in [4.78, 5) is 6.14. The van der Waals surface area contributed by atoms with E-state index in [0.717, 1.165) is 41.5 Å². The first-order chi connectivity index (χ1) is 10.1. The van der Waals surface area contributed by atoms with Crippen molar-refractivity contribution >= 4 is 22.9 Å². The Hall–Kier alpha value is -0.900. The lowest BCUT2D eigenvalue weighted by atomic mass is 10.1. The van der Waals surface area contributed by atoms with Crippen molar-refractivity contribution in [2.75, 3.05) is 6.54 Å². The molecule has 114 valence electrons. The number of rotatable bonds is 7. The highest BCUT2D eigenvalue weighted by molar-refractivity contribution is 7.11. The minimum absolute atomic E-state index is 0.672. The number of halogens is 1. The molecular weight excluding hydrogens is 300 g/mol. The molecule has 1 aromatic carbocycles. The average molecular weight is 323 g/mol. The summed E-state index contributed by atoms with van der Waals surface area (Å²) in [7, 11) is 0. The molecule has 0 saturated carbocycles. The fourth-order valence-corrected chi connectivity index (χ4v) is 3.56. The maximum atomic E-state index is 6.24. The van der Waals surface area contributed by atoms with Gasteiger partial charge in [-0.05, 0) is 30.5 Å². The summed E-state index contributed by atoms with van der Waals surface area (Å²) < 4.78 is 0. The molecule has 1 aromatic heterocycles. The number of benzene rings is 1. The Morgan fingerprint density at radius 1 is 1.29 bits per heavy atom.